The Kier molecular flexibility index (Phi) is 3.28. The molecule has 0 bridgehead atoms. The first-order chi connectivity index (χ1) is 8.42. The van der Waals surface area contributed by atoms with E-state index >= 15 is 0 Å². The quantitative estimate of drug-likeness (QED) is 0.858. The Morgan fingerprint density at radius 2 is 2.17 bits per heavy atom. The van der Waals surface area contributed by atoms with Gasteiger partial charge in [-0.15, -0.1) is 0 Å². The number of aliphatic hydroxyl groups excluding tert-OH is 1. The molecule has 1 aromatic heterocycles. The van der Waals surface area contributed by atoms with E-state index < -0.39 is 5.76 Å². The van der Waals surface area contributed by atoms with Gasteiger partial charge >= 0.3 is 5.76 Å². The number of rotatable bonds is 4. The Morgan fingerprint density at radius 3 is 2.83 bits per heavy atom. The topological polar surface area (TPSA) is 69.5 Å². The fourth-order valence-electron chi connectivity index (χ4n) is 1.70. The number of aromatic nitrogens is 1. The third kappa shape index (κ3) is 2.47. The number of hydrogen-bond donors (Lipinski definition) is 2. The van der Waals surface area contributed by atoms with E-state index in [2.05, 4.69) is 9.88 Å². The van der Waals surface area contributed by atoms with E-state index in [1.165, 1.54) is 0 Å². The van der Waals surface area contributed by atoms with Crippen molar-refractivity contribution >= 4 is 11.1 Å². The highest BCUT2D eigenvalue weighted by Gasteiger charge is 2.22. The summed E-state index contributed by atoms with van der Waals surface area (Å²) in [5.74, 6) is -0.439. The molecule has 2 N–H and O–H groups in total. The summed E-state index contributed by atoms with van der Waals surface area (Å²) in [6, 6.07) is 5.62. The molecule has 0 unspecified atom stereocenters. The van der Waals surface area contributed by atoms with Crippen LogP contribution in [0.3, 0.4) is 0 Å². The van der Waals surface area contributed by atoms with Crippen molar-refractivity contribution in [2.24, 2.45) is 0 Å². The second kappa shape index (κ2) is 4.59. The Hall–Kier alpha value is -1.59. The van der Waals surface area contributed by atoms with Crippen LogP contribution in [0.25, 0.3) is 11.1 Å². The maximum Gasteiger partial charge on any atom is 0.417 e. The van der Waals surface area contributed by atoms with Gasteiger partial charge in [0.2, 0.25) is 0 Å². The second-order valence-corrected chi connectivity index (χ2v) is 5.17. The molecule has 2 rings (SSSR count). The molecule has 0 fully saturated rings. The van der Waals surface area contributed by atoms with Crippen molar-refractivity contribution in [2.45, 2.75) is 25.9 Å². The number of oxazole rings is 1. The predicted octanol–water partition coefficient (Wildman–Crippen LogP) is 1.32. The van der Waals surface area contributed by atoms with Crippen LogP contribution in [0.4, 0.5) is 0 Å². The number of likely N-dealkylation sites (N-methyl/N-ethyl adjacent to an activating group) is 1. The van der Waals surface area contributed by atoms with Crippen molar-refractivity contribution in [3.8, 4) is 0 Å². The van der Waals surface area contributed by atoms with Crippen LogP contribution in [-0.2, 0) is 6.54 Å². The number of hydrogen-bond acceptors (Lipinski definition) is 4. The predicted molar refractivity (Wildman–Crippen MR) is 69.5 cm³/mol. The van der Waals surface area contributed by atoms with Crippen LogP contribution in [0, 0.1) is 0 Å². The molecule has 2 aromatic rings. The van der Waals surface area contributed by atoms with Crippen LogP contribution in [0.1, 0.15) is 19.4 Å². The molecule has 1 aromatic carbocycles. The molecular formula is C13H18N2O3. The Bertz CT molecular complexity index is 598. The molecule has 1 heterocycles. The van der Waals surface area contributed by atoms with Crippen LogP contribution < -0.4 is 5.76 Å². The minimum atomic E-state index is -0.439. The Morgan fingerprint density at radius 1 is 1.44 bits per heavy atom. The lowest BCUT2D eigenvalue weighted by Crippen LogP contribution is -2.43. The molecule has 0 amide bonds. The highest BCUT2D eigenvalue weighted by atomic mass is 16.4. The largest absolute Gasteiger partial charge is 0.417 e. The van der Waals surface area contributed by atoms with E-state index in [1.807, 2.05) is 39.1 Å². The van der Waals surface area contributed by atoms with Crippen LogP contribution >= 0.6 is 0 Å². The first-order valence-electron chi connectivity index (χ1n) is 5.86. The molecular weight excluding hydrogens is 232 g/mol. The van der Waals surface area contributed by atoms with E-state index in [4.69, 9.17) is 4.42 Å². The normalized spacial score (nSPS) is 12.5. The van der Waals surface area contributed by atoms with Gasteiger partial charge in [0.05, 0.1) is 12.1 Å². The maximum atomic E-state index is 11.1. The van der Waals surface area contributed by atoms with Crippen molar-refractivity contribution in [1.29, 1.82) is 0 Å². The molecule has 0 saturated carbocycles. The van der Waals surface area contributed by atoms with Gasteiger partial charge in [-0.05, 0) is 38.6 Å². The SMILES string of the molecule is CN(Cc1ccc2[nH]c(=O)oc2c1)C(C)(C)CO. The third-order valence-electron chi connectivity index (χ3n) is 3.33. The Balaban J connectivity index is 2.24. The zero-order chi connectivity index (χ0) is 13.3. The van der Waals surface area contributed by atoms with Crippen LogP contribution in [0.15, 0.2) is 27.4 Å². The van der Waals surface area contributed by atoms with Gasteiger partial charge in [0.1, 0.15) is 0 Å². The number of aliphatic hydroxyl groups is 1. The standard InChI is InChI=1S/C13H18N2O3/c1-13(2,8-16)15(3)7-9-4-5-10-11(6-9)18-12(17)14-10/h4-6,16H,7-8H2,1-3H3,(H,14,17). The van der Waals surface area contributed by atoms with Crippen LogP contribution in [0.2, 0.25) is 0 Å². The first kappa shape index (κ1) is 12.9. The highest BCUT2D eigenvalue weighted by Crippen LogP contribution is 2.18. The minimum absolute atomic E-state index is 0.0883. The van der Waals surface area contributed by atoms with Crippen molar-refractivity contribution in [1.82, 2.24) is 9.88 Å². The Labute approximate surface area is 105 Å². The second-order valence-electron chi connectivity index (χ2n) is 5.17. The molecule has 0 aliphatic heterocycles. The molecule has 0 aliphatic rings. The summed E-state index contributed by atoms with van der Waals surface area (Å²) in [5.41, 5.74) is 2.02. The lowest BCUT2D eigenvalue weighted by atomic mass is 10.0. The zero-order valence-electron chi connectivity index (χ0n) is 10.9. The molecule has 18 heavy (non-hydrogen) atoms. The highest BCUT2D eigenvalue weighted by molar-refractivity contribution is 5.72. The summed E-state index contributed by atoms with van der Waals surface area (Å²) in [4.78, 5) is 15.7. The summed E-state index contributed by atoms with van der Waals surface area (Å²) in [7, 11) is 1.95. The van der Waals surface area contributed by atoms with Crippen LogP contribution in [-0.4, -0.2) is 34.2 Å². The van der Waals surface area contributed by atoms with Crippen LogP contribution in [0.5, 0.6) is 0 Å². The summed E-state index contributed by atoms with van der Waals surface area (Å²) in [5, 5.41) is 9.31. The summed E-state index contributed by atoms with van der Waals surface area (Å²) in [6.07, 6.45) is 0. The smallest absolute Gasteiger partial charge is 0.408 e. The van der Waals surface area contributed by atoms with Crippen molar-refractivity contribution in [2.75, 3.05) is 13.7 Å². The third-order valence-corrected chi connectivity index (χ3v) is 3.33. The van der Waals surface area contributed by atoms with Gasteiger partial charge in [0, 0.05) is 12.1 Å². The number of benzene rings is 1. The molecule has 0 spiro atoms. The number of fused-ring (bicyclic) bond motifs is 1. The van der Waals surface area contributed by atoms with Crippen molar-refractivity contribution < 1.29 is 9.52 Å². The van der Waals surface area contributed by atoms with Gasteiger partial charge in [-0.2, -0.15) is 0 Å². The summed E-state index contributed by atoms with van der Waals surface area (Å²) < 4.78 is 5.02. The minimum Gasteiger partial charge on any atom is -0.408 e. The van der Waals surface area contributed by atoms with Crippen molar-refractivity contribution in [3.05, 3.63) is 34.3 Å². The zero-order valence-corrected chi connectivity index (χ0v) is 10.9. The van der Waals surface area contributed by atoms with Crippen molar-refractivity contribution in [3.63, 3.8) is 0 Å². The lowest BCUT2D eigenvalue weighted by Gasteiger charge is -2.33. The molecule has 0 radical (unpaired) electrons. The summed E-state index contributed by atoms with van der Waals surface area (Å²) >= 11 is 0. The molecule has 98 valence electrons. The first-order valence-corrected chi connectivity index (χ1v) is 5.86. The van der Waals surface area contributed by atoms with E-state index in [-0.39, 0.29) is 12.1 Å². The van der Waals surface area contributed by atoms with Gasteiger partial charge in [-0.25, -0.2) is 4.79 Å². The van der Waals surface area contributed by atoms with Gasteiger partial charge in [-0.1, -0.05) is 6.07 Å². The van der Waals surface area contributed by atoms with E-state index in [0.29, 0.717) is 17.6 Å². The molecule has 0 atom stereocenters. The van der Waals surface area contributed by atoms with Gasteiger partial charge in [-0.3, -0.25) is 9.88 Å². The number of H-pyrrole nitrogens is 1. The van der Waals surface area contributed by atoms with Gasteiger partial charge in [0.15, 0.2) is 5.58 Å². The van der Waals surface area contributed by atoms with E-state index in [0.717, 1.165) is 5.56 Å². The fraction of sp³-hybridized carbons (Fsp3) is 0.462. The summed E-state index contributed by atoms with van der Waals surface area (Å²) in [6.45, 7) is 4.72. The average molecular weight is 250 g/mol. The van der Waals surface area contributed by atoms with Gasteiger partial charge < -0.3 is 9.52 Å². The molecule has 5 heteroatoms. The van der Waals surface area contributed by atoms with E-state index in [9.17, 15) is 9.90 Å². The monoisotopic (exact) mass is 250 g/mol. The van der Waals surface area contributed by atoms with Gasteiger partial charge in [0.25, 0.3) is 0 Å². The number of aromatic amines is 1. The molecule has 0 saturated heterocycles. The number of nitrogens with one attached hydrogen (secondary N) is 1. The maximum absolute atomic E-state index is 11.1. The molecule has 0 aliphatic carbocycles. The number of nitrogens with zero attached hydrogens (tertiary/aromatic N) is 1. The van der Waals surface area contributed by atoms with E-state index in [1.54, 1.807) is 0 Å². The lowest BCUT2D eigenvalue weighted by molar-refractivity contribution is 0.0734. The fourth-order valence-corrected chi connectivity index (χ4v) is 1.70. The average Bonchev–Trinajstić information content (AvgIpc) is 2.68. The molecule has 5 nitrogen and oxygen atoms in total.